The number of aromatic nitrogens is 2. The molecule has 1 fully saturated rings. The van der Waals surface area contributed by atoms with Crippen LogP contribution in [-0.2, 0) is 15.0 Å². The smallest absolute Gasteiger partial charge is 0.301 e. The van der Waals surface area contributed by atoms with Crippen LogP contribution in [0.5, 0.6) is 5.75 Å². The van der Waals surface area contributed by atoms with Crippen molar-refractivity contribution in [1.82, 2.24) is 9.97 Å². The van der Waals surface area contributed by atoms with E-state index in [0.717, 1.165) is 15.8 Å². The average Bonchev–Trinajstić information content (AvgIpc) is 3.41. The molecule has 2 aromatic heterocycles. The molecule has 1 amide bonds. The highest BCUT2D eigenvalue weighted by molar-refractivity contribution is 7.22. The van der Waals surface area contributed by atoms with Crippen molar-refractivity contribution < 1.29 is 19.4 Å². The van der Waals surface area contributed by atoms with Crippen molar-refractivity contribution in [3.63, 3.8) is 0 Å². The molecule has 0 spiro atoms. The number of rotatable bonds is 4. The highest BCUT2D eigenvalue weighted by Gasteiger charge is 2.49. The number of hydrogen-bond donors (Lipinski definition) is 1. The van der Waals surface area contributed by atoms with Crippen LogP contribution in [-0.4, -0.2) is 33.9 Å². The third kappa shape index (κ3) is 3.93. The van der Waals surface area contributed by atoms with Crippen molar-refractivity contribution in [2.45, 2.75) is 32.2 Å². The van der Waals surface area contributed by atoms with Crippen LogP contribution in [0.15, 0.2) is 72.4 Å². The van der Waals surface area contributed by atoms with Crippen molar-refractivity contribution in [3.05, 3.63) is 89.3 Å². The number of carbonyl (C=O) groups is 2. The van der Waals surface area contributed by atoms with Crippen LogP contribution in [0.2, 0.25) is 0 Å². The Hall–Kier alpha value is -4.04. The predicted molar refractivity (Wildman–Crippen MR) is 140 cm³/mol. The van der Waals surface area contributed by atoms with E-state index >= 15 is 0 Å². The number of anilines is 1. The Morgan fingerprint density at radius 1 is 1.06 bits per heavy atom. The number of thiazole rings is 1. The fourth-order valence-corrected chi connectivity index (χ4v) is 5.35. The number of fused-ring (bicyclic) bond motifs is 1. The van der Waals surface area contributed by atoms with E-state index in [2.05, 4.69) is 31.8 Å². The van der Waals surface area contributed by atoms with Crippen molar-refractivity contribution >= 4 is 44.1 Å². The van der Waals surface area contributed by atoms with Crippen LogP contribution in [0.25, 0.3) is 16.0 Å². The van der Waals surface area contributed by atoms with Crippen molar-refractivity contribution in [1.29, 1.82) is 0 Å². The monoisotopic (exact) mass is 499 g/mol. The number of pyridine rings is 1. The summed E-state index contributed by atoms with van der Waals surface area (Å²) in [7, 11) is 1.48. The standard InChI is InChI=1S/C28H25N3O4S/c1-28(2,3)16-12-13-18-21(15-16)36-27(30-18)31-23(19-10-7-8-14-29-19)22(25(33)26(31)34)24(32)17-9-5-6-11-20(17)35-4/h5-15,23,32H,1-4H3/b24-22+. The van der Waals surface area contributed by atoms with Gasteiger partial charge in [0.2, 0.25) is 0 Å². The summed E-state index contributed by atoms with van der Waals surface area (Å²) in [5.41, 5.74) is 2.53. The number of Topliss-reactive ketones (excluding diaryl/α,β-unsaturated/α-hetero) is 1. The number of aliphatic hydroxyl groups excluding tert-OH is 1. The van der Waals surface area contributed by atoms with Crippen LogP contribution in [0.3, 0.4) is 0 Å². The van der Waals surface area contributed by atoms with Crippen LogP contribution in [0, 0.1) is 0 Å². The first kappa shape index (κ1) is 23.7. The topological polar surface area (TPSA) is 92.6 Å². The number of hydrogen-bond acceptors (Lipinski definition) is 7. The fraction of sp³-hybridized carbons (Fsp3) is 0.214. The van der Waals surface area contributed by atoms with E-state index in [1.54, 1.807) is 48.7 Å². The van der Waals surface area contributed by atoms with E-state index in [9.17, 15) is 14.7 Å². The van der Waals surface area contributed by atoms with Gasteiger partial charge in [-0.2, -0.15) is 0 Å². The van der Waals surface area contributed by atoms with Crippen molar-refractivity contribution in [3.8, 4) is 5.75 Å². The molecule has 2 aromatic carbocycles. The average molecular weight is 500 g/mol. The first-order valence-corrected chi connectivity index (χ1v) is 12.3. The zero-order valence-electron chi connectivity index (χ0n) is 20.4. The normalized spacial score (nSPS) is 17.7. The molecule has 0 saturated carbocycles. The number of carbonyl (C=O) groups excluding carboxylic acids is 2. The van der Waals surface area contributed by atoms with E-state index in [1.165, 1.54) is 23.3 Å². The number of para-hydroxylation sites is 1. The lowest BCUT2D eigenvalue weighted by Gasteiger charge is -2.22. The van der Waals surface area contributed by atoms with Gasteiger partial charge in [0.1, 0.15) is 17.6 Å². The molecule has 0 bridgehead atoms. The SMILES string of the molecule is COc1ccccc1/C(O)=C1\C(=O)C(=O)N(c2nc3ccc(C(C)(C)C)cc3s2)C1c1ccccn1. The first-order chi connectivity index (χ1) is 17.2. The molecule has 1 N–H and O–H groups in total. The summed E-state index contributed by atoms with van der Waals surface area (Å²) in [6.45, 7) is 6.40. The maximum Gasteiger partial charge on any atom is 0.301 e. The molecule has 1 saturated heterocycles. The van der Waals surface area contributed by atoms with Gasteiger partial charge in [-0.3, -0.25) is 19.5 Å². The first-order valence-electron chi connectivity index (χ1n) is 11.5. The number of amides is 1. The molecule has 182 valence electrons. The molecular weight excluding hydrogens is 474 g/mol. The van der Waals surface area contributed by atoms with Gasteiger partial charge in [0.05, 0.1) is 34.2 Å². The minimum atomic E-state index is -0.946. The van der Waals surface area contributed by atoms with Crippen LogP contribution in [0.4, 0.5) is 5.13 Å². The summed E-state index contributed by atoms with van der Waals surface area (Å²) < 4.78 is 6.30. The van der Waals surface area contributed by atoms with Crippen LogP contribution in [0.1, 0.15) is 43.6 Å². The second-order valence-corrected chi connectivity index (χ2v) is 10.6. The Bertz CT molecular complexity index is 1520. The van der Waals surface area contributed by atoms with Gasteiger partial charge in [0.25, 0.3) is 5.78 Å². The number of ketones is 1. The summed E-state index contributed by atoms with van der Waals surface area (Å²) in [6, 6.07) is 17.1. The summed E-state index contributed by atoms with van der Waals surface area (Å²) >= 11 is 1.33. The minimum Gasteiger partial charge on any atom is -0.507 e. The Morgan fingerprint density at radius 2 is 1.81 bits per heavy atom. The number of aliphatic hydroxyl groups is 1. The van der Waals surface area contributed by atoms with E-state index in [-0.39, 0.29) is 16.7 Å². The number of ether oxygens (including phenoxy) is 1. The lowest BCUT2D eigenvalue weighted by Crippen LogP contribution is -2.29. The molecule has 8 heteroatoms. The highest BCUT2D eigenvalue weighted by atomic mass is 32.1. The van der Waals surface area contributed by atoms with Gasteiger partial charge >= 0.3 is 5.91 Å². The van der Waals surface area contributed by atoms with E-state index < -0.39 is 17.7 Å². The maximum atomic E-state index is 13.4. The molecule has 5 rings (SSSR count). The molecule has 1 aliphatic rings. The molecular formula is C28H25N3O4S. The summed E-state index contributed by atoms with van der Waals surface area (Å²) in [5.74, 6) is -1.50. The number of nitrogens with zero attached hydrogens (tertiary/aromatic N) is 3. The third-order valence-electron chi connectivity index (χ3n) is 6.22. The predicted octanol–water partition coefficient (Wildman–Crippen LogP) is 5.62. The molecule has 1 atom stereocenters. The van der Waals surface area contributed by atoms with Gasteiger partial charge in [-0.1, -0.05) is 56.4 Å². The van der Waals surface area contributed by atoms with Gasteiger partial charge in [0, 0.05) is 6.20 Å². The van der Waals surface area contributed by atoms with Crippen LogP contribution >= 0.6 is 11.3 Å². The lowest BCUT2D eigenvalue weighted by atomic mass is 9.87. The lowest BCUT2D eigenvalue weighted by molar-refractivity contribution is -0.132. The van der Waals surface area contributed by atoms with Gasteiger partial charge in [-0.05, 0) is 47.4 Å². The van der Waals surface area contributed by atoms with Gasteiger partial charge in [-0.25, -0.2) is 4.98 Å². The fourth-order valence-electron chi connectivity index (χ4n) is 4.31. The quantitative estimate of drug-likeness (QED) is 0.222. The summed E-state index contributed by atoms with van der Waals surface area (Å²) in [5, 5.41) is 11.7. The van der Waals surface area contributed by atoms with Gasteiger partial charge in [0.15, 0.2) is 5.13 Å². The van der Waals surface area contributed by atoms with E-state index in [4.69, 9.17) is 9.72 Å². The van der Waals surface area contributed by atoms with Gasteiger partial charge < -0.3 is 9.84 Å². The molecule has 4 aromatic rings. The Morgan fingerprint density at radius 3 is 2.50 bits per heavy atom. The van der Waals surface area contributed by atoms with Crippen molar-refractivity contribution in [2.75, 3.05) is 12.0 Å². The Kier molecular flexibility index (Phi) is 5.84. The molecule has 1 aliphatic heterocycles. The van der Waals surface area contributed by atoms with E-state index in [1.807, 2.05) is 12.1 Å². The Balaban J connectivity index is 1.71. The van der Waals surface area contributed by atoms with Gasteiger partial charge in [-0.15, -0.1) is 0 Å². The van der Waals surface area contributed by atoms with Crippen LogP contribution < -0.4 is 9.64 Å². The summed E-state index contributed by atoms with van der Waals surface area (Å²) in [4.78, 5) is 37.3. The zero-order valence-corrected chi connectivity index (χ0v) is 21.2. The maximum absolute atomic E-state index is 13.4. The second kappa shape index (κ2) is 8.87. The summed E-state index contributed by atoms with van der Waals surface area (Å²) in [6.07, 6.45) is 1.59. The minimum absolute atomic E-state index is 0.0509. The molecule has 3 heterocycles. The molecule has 36 heavy (non-hydrogen) atoms. The molecule has 1 unspecified atom stereocenters. The number of benzene rings is 2. The molecule has 7 nitrogen and oxygen atoms in total. The zero-order chi connectivity index (χ0) is 25.6. The van der Waals surface area contributed by atoms with Crippen molar-refractivity contribution in [2.24, 2.45) is 0 Å². The highest BCUT2D eigenvalue weighted by Crippen LogP contribution is 2.44. The Labute approximate surface area is 212 Å². The molecule has 0 radical (unpaired) electrons. The third-order valence-corrected chi connectivity index (χ3v) is 7.24. The molecule has 0 aliphatic carbocycles. The second-order valence-electron chi connectivity index (χ2n) is 9.55. The van der Waals surface area contributed by atoms with E-state index in [0.29, 0.717) is 22.1 Å². The largest absolute Gasteiger partial charge is 0.507 e. The number of methoxy groups -OCH3 is 1.